The molecule has 4 heteroatoms. The fraction of sp³-hybridized carbons (Fsp3) is 0. The first-order valence-electron chi connectivity index (χ1n) is 2.61. The lowest BCUT2D eigenvalue weighted by molar-refractivity contribution is 0.111. The number of carbonyl (C=O) groups excluding carboxylic acids is 1. The van der Waals surface area contributed by atoms with Gasteiger partial charge in [0.05, 0.1) is 5.02 Å². The second-order valence-corrected chi connectivity index (χ2v) is 2.13. The summed E-state index contributed by atoms with van der Waals surface area (Å²) in [5, 5.41) is 0.366. The van der Waals surface area contributed by atoms with Crippen LogP contribution in [-0.4, -0.2) is 11.3 Å². The number of halogens is 1. The molecule has 0 saturated heterocycles. The highest BCUT2D eigenvalue weighted by Gasteiger charge is 1.96. The van der Waals surface area contributed by atoms with E-state index in [-0.39, 0.29) is 5.82 Å². The van der Waals surface area contributed by atoms with Crippen LogP contribution in [0.2, 0.25) is 5.02 Å². The van der Waals surface area contributed by atoms with Gasteiger partial charge in [0.1, 0.15) is 11.5 Å². The quantitative estimate of drug-likeness (QED) is 0.621. The van der Waals surface area contributed by atoms with Gasteiger partial charge in [0, 0.05) is 0 Å². The van der Waals surface area contributed by atoms with Gasteiger partial charge in [-0.2, -0.15) is 0 Å². The molecule has 0 aliphatic carbocycles. The van der Waals surface area contributed by atoms with E-state index in [2.05, 4.69) is 4.98 Å². The average Bonchev–Trinajstić information content (AvgIpc) is 1.95. The Labute approximate surface area is 62.8 Å². The van der Waals surface area contributed by atoms with Gasteiger partial charge in [0.2, 0.25) is 0 Å². The molecule has 52 valence electrons. The topological polar surface area (TPSA) is 56.0 Å². The second-order valence-electron chi connectivity index (χ2n) is 1.72. The van der Waals surface area contributed by atoms with Crippen molar-refractivity contribution in [2.24, 2.45) is 0 Å². The fourth-order valence-electron chi connectivity index (χ4n) is 0.539. The molecule has 3 nitrogen and oxygen atoms in total. The van der Waals surface area contributed by atoms with Crippen LogP contribution in [-0.2, 0) is 0 Å². The first-order valence-corrected chi connectivity index (χ1v) is 2.99. The molecular weight excluding hydrogens is 152 g/mol. The van der Waals surface area contributed by atoms with E-state index >= 15 is 0 Å². The third kappa shape index (κ3) is 1.25. The number of pyridine rings is 1. The van der Waals surface area contributed by atoms with E-state index in [0.717, 1.165) is 0 Å². The zero-order chi connectivity index (χ0) is 7.56. The molecule has 2 N–H and O–H groups in total. The number of nitrogens with two attached hydrogens (primary N) is 1. The summed E-state index contributed by atoms with van der Waals surface area (Å²) in [5.41, 5.74) is 5.59. The Morgan fingerprint density at radius 1 is 1.60 bits per heavy atom. The summed E-state index contributed by atoms with van der Waals surface area (Å²) >= 11 is 5.53. The van der Waals surface area contributed by atoms with E-state index in [1.54, 1.807) is 0 Å². The third-order valence-electron chi connectivity index (χ3n) is 1.02. The molecule has 1 rings (SSSR count). The van der Waals surface area contributed by atoms with Crippen molar-refractivity contribution >= 4 is 23.7 Å². The predicted octanol–water partition coefficient (Wildman–Crippen LogP) is 1.13. The van der Waals surface area contributed by atoms with Crippen LogP contribution in [0.4, 0.5) is 5.82 Å². The minimum atomic E-state index is 0.186. The third-order valence-corrected chi connectivity index (χ3v) is 1.34. The molecular formula is C6H5ClN2O. The molecule has 1 heterocycles. The molecule has 0 atom stereocenters. The van der Waals surface area contributed by atoms with Crippen LogP contribution in [0, 0.1) is 0 Å². The van der Waals surface area contributed by atoms with Crippen molar-refractivity contribution in [3.8, 4) is 0 Å². The maximum absolute atomic E-state index is 10.1. The lowest BCUT2D eigenvalue weighted by Gasteiger charge is -1.94. The molecule has 1 aromatic heterocycles. The lowest BCUT2D eigenvalue weighted by atomic mass is 10.4. The number of nitrogen functional groups attached to an aromatic ring is 1. The Morgan fingerprint density at radius 3 is 2.80 bits per heavy atom. The highest BCUT2D eigenvalue weighted by Crippen LogP contribution is 2.14. The van der Waals surface area contributed by atoms with Crippen LogP contribution in [0.3, 0.4) is 0 Å². The number of hydrogen-bond acceptors (Lipinski definition) is 3. The molecule has 0 radical (unpaired) electrons. The summed E-state index contributed by atoms with van der Waals surface area (Å²) < 4.78 is 0. The Kier molecular flexibility index (Phi) is 1.87. The monoisotopic (exact) mass is 156 g/mol. The fourth-order valence-corrected chi connectivity index (χ4v) is 0.645. The first-order chi connectivity index (χ1) is 4.74. The smallest absolute Gasteiger partial charge is 0.168 e. The van der Waals surface area contributed by atoms with E-state index in [1.165, 1.54) is 12.1 Å². The van der Waals surface area contributed by atoms with Crippen molar-refractivity contribution in [3.63, 3.8) is 0 Å². The Hall–Kier alpha value is -1.09. The molecule has 0 aliphatic rings. The van der Waals surface area contributed by atoms with Gasteiger partial charge in [-0.3, -0.25) is 4.79 Å². The van der Waals surface area contributed by atoms with Gasteiger partial charge < -0.3 is 5.73 Å². The number of aldehydes is 1. The molecule has 0 aromatic carbocycles. The van der Waals surface area contributed by atoms with Crippen LogP contribution in [0.25, 0.3) is 0 Å². The summed E-state index contributed by atoms with van der Waals surface area (Å²) in [6.45, 7) is 0. The molecule has 0 aliphatic heterocycles. The molecule has 1 aromatic rings. The van der Waals surface area contributed by atoms with Crippen LogP contribution in [0.5, 0.6) is 0 Å². The van der Waals surface area contributed by atoms with Gasteiger partial charge in [0.15, 0.2) is 6.29 Å². The number of rotatable bonds is 1. The van der Waals surface area contributed by atoms with Crippen LogP contribution < -0.4 is 5.73 Å². The van der Waals surface area contributed by atoms with Gasteiger partial charge in [-0.1, -0.05) is 11.6 Å². The number of hydrogen-bond donors (Lipinski definition) is 1. The van der Waals surface area contributed by atoms with Crippen molar-refractivity contribution in [3.05, 3.63) is 22.8 Å². The van der Waals surface area contributed by atoms with E-state index in [0.29, 0.717) is 17.0 Å². The van der Waals surface area contributed by atoms with Crippen LogP contribution in [0.15, 0.2) is 12.1 Å². The van der Waals surface area contributed by atoms with Gasteiger partial charge >= 0.3 is 0 Å². The summed E-state index contributed by atoms with van der Waals surface area (Å²) in [4.78, 5) is 13.8. The van der Waals surface area contributed by atoms with E-state index < -0.39 is 0 Å². The molecule has 0 bridgehead atoms. The number of nitrogens with zero attached hydrogens (tertiary/aromatic N) is 1. The number of carbonyl (C=O) groups is 1. The molecule has 0 saturated carbocycles. The normalized spacial score (nSPS) is 9.30. The summed E-state index contributed by atoms with van der Waals surface area (Å²) in [5.74, 6) is 0.186. The van der Waals surface area contributed by atoms with Gasteiger partial charge in [-0.25, -0.2) is 4.98 Å². The highest BCUT2D eigenvalue weighted by atomic mass is 35.5. The van der Waals surface area contributed by atoms with Crippen LogP contribution in [0.1, 0.15) is 10.5 Å². The van der Waals surface area contributed by atoms with E-state index in [9.17, 15) is 4.79 Å². The highest BCUT2D eigenvalue weighted by molar-refractivity contribution is 6.32. The first kappa shape index (κ1) is 7.02. The minimum absolute atomic E-state index is 0.186. The summed E-state index contributed by atoms with van der Waals surface area (Å²) in [6.07, 6.45) is 0.618. The Balaban J connectivity index is 3.16. The predicted molar refractivity (Wildman–Crippen MR) is 39.0 cm³/mol. The Bertz CT molecular complexity index is 262. The average molecular weight is 157 g/mol. The van der Waals surface area contributed by atoms with Crippen LogP contribution >= 0.6 is 11.6 Å². The van der Waals surface area contributed by atoms with Crippen molar-refractivity contribution in [1.29, 1.82) is 0 Å². The largest absolute Gasteiger partial charge is 0.382 e. The zero-order valence-electron chi connectivity index (χ0n) is 5.04. The lowest BCUT2D eigenvalue weighted by Crippen LogP contribution is -1.94. The van der Waals surface area contributed by atoms with E-state index in [1.807, 2.05) is 0 Å². The number of anilines is 1. The summed E-state index contributed by atoms with van der Waals surface area (Å²) in [6, 6.07) is 3.04. The van der Waals surface area contributed by atoms with Crippen molar-refractivity contribution in [2.45, 2.75) is 0 Å². The van der Waals surface area contributed by atoms with Gasteiger partial charge in [-0.15, -0.1) is 0 Å². The molecule has 0 unspecified atom stereocenters. The second kappa shape index (κ2) is 2.66. The molecule has 10 heavy (non-hydrogen) atoms. The summed E-state index contributed by atoms with van der Waals surface area (Å²) in [7, 11) is 0. The molecule has 0 fully saturated rings. The standard InChI is InChI=1S/C6H5ClN2O/c7-5-2-1-4(3-10)9-6(5)8/h1-3H,(H2,8,9). The maximum atomic E-state index is 10.1. The van der Waals surface area contributed by atoms with Crippen molar-refractivity contribution < 1.29 is 4.79 Å². The Morgan fingerprint density at radius 2 is 2.30 bits per heavy atom. The van der Waals surface area contributed by atoms with Gasteiger partial charge in [-0.05, 0) is 12.1 Å². The molecule has 0 spiro atoms. The van der Waals surface area contributed by atoms with Crippen molar-refractivity contribution in [1.82, 2.24) is 4.98 Å². The number of aromatic nitrogens is 1. The van der Waals surface area contributed by atoms with E-state index in [4.69, 9.17) is 17.3 Å². The minimum Gasteiger partial charge on any atom is -0.382 e. The molecule has 0 amide bonds. The van der Waals surface area contributed by atoms with Crippen molar-refractivity contribution in [2.75, 3.05) is 5.73 Å². The maximum Gasteiger partial charge on any atom is 0.168 e. The SMILES string of the molecule is Nc1nc(C=O)ccc1Cl. The van der Waals surface area contributed by atoms with Gasteiger partial charge in [0.25, 0.3) is 0 Å². The zero-order valence-corrected chi connectivity index (χ0v) is 5.80.